The molecule has 0 atom stereocenters. The van der Waals surface area contributed by atoms with Crippen molar-refractivity contribution in [1.82, 2.24) is 4.90 Å². The molecule has 0 saturated carbocycles. The number of carbonyl (C=O) groups excluding carboxylic acids is 2. The van der Waals surface area contributed by atoms with E-state index in [1.165, 1.54) is 11.0 Å². The van der Waals surface area contributed by atoms with Crippen molar-refractivity contribution in [1.29, 1.82) is 0 Å². The van der Waals surface area contributed by atoms with Crippen LogP contribution in [0.4, 0.5) is 5.88 Å². The van der Waals surface area contributed by atoms with E-state index >= 15 is 0 Å². The SMILES string of the molecule is O=C1c2ccccc2C(=O)N1CCOc1ccc2c(=O)cc(N3CCOCC3)oc2c1. The lowest BCUT2D eigenvalue weighted by molar-refractivity contribution is 0.0631. The average Bonchev–Trinajstić information content (AvgIpc) is 3.04. The van der Waals surface area contributed by atoms with Crippen LogP contribution < -0.4 is 15.1 Å². The Labute approximate surface area is 177 Å². The smallest absolute Gasteiger partial charge is 0.261 e. The molecule has 8 nitrogen and oxygen atoms in total. The van der Waals surface area contributed by atoms with Gasteiger partial charge in [-0.1, -0.05) is 12.1 Å². The van der Waals surface area contributed by atoms with Crippen molar-refractivity contribution in [3.05, 3.63) is 69.9 Å². The molecule has 0 spiro atoms. The lowest BCUT2D eigenvalue weighted by Crippen LogP contribution is -2.36. The van der Waals surface area contributed by atoms with E-state index in [0.29, 0.717) is 60.0 Å². The standard InChI is InChI=1S/C23H20N2O6/c26-19-14-21(24-7-10-29-11-8-24)31-20-13-15(5-6-18(19)20)30-12-9-25-22(27)16-3-1-2-4-17(16)23(25)28/h1-6,13-14H,7-12H2. The van der Waals surface area contributed by atoms with E-state index in [2.05, 4.69) is 0 Å². The second-order valence-electron chi connectivity index (χ2n) is 7.36. The molecule has 31 heavy (non-hydrogen) atoms. The number of hydrogen-bond acceptors (Lipinski definition) is 7. The van der Waals surface area contributed by atoms with Crippen LogP contribution in [0, 0.1) is 0 Å². The molecule has 2 aliphatic rings. The molecule has 1 fully saturated rings. The Kier molecular flexibility index (Phi) is 4.91. The van der Waals surface area contributed by atoms with Crippen molar-refractivity contribution in [2.45, 2.75) is 0 Å². The minimum Gasteiger partial charge on any atom is -0.492 e. The molecular weight excluding hydrogens is 400 g/mol. The fraction of sp³-hybridized carbons (Fsp3) is 0.261. The van der Waals surface area contributed by atoms with Gasteiger partial charge in [0.1, 0.15) is 17.9 Å². The maximum Gasteiger partial charge on any atom is 0.261 e. The minimum absolute atomic E-state index is 0.125. The topological polar surface area (TPSA) is 89.3 Å². The summed E-state index contributed by atoms with van der Waals surface area (Å²) < 4.78 is 17.1. The molecule has 2 amide bonds. The van der Waals surface area contributed by atoms with Gasteiger partial charge in [-0.25, -0.2) is 0 Å². The first-order valence-electron chi connectivity index (χ1n) is 10.1. The predicted octanol–water partition coefficient (Wildman–Crippen LogP) is 2.30. The lowest BCUT2D eigenvalue weighted by atomic mass is 10.1. The predicted molar refractivity (Wildman–Crippen MR) is 113 cm³/mol. The number of amides is 2. The normalized spacial score (nSPS) is 16.1. The van der Waals surface area contributed by atoms with Gasteiger partial charge in [-0.15, -0.1) is 0 Å². The number of benzene rings is 2. The summed E-state index contributed by atoms with van der Waals surface area (Å²) in [6.07, 6.45) is 0. The Hall–Kier alpha value is -3.65. The van der Waals surface area contributed by atoms with Gasteiger partial charge in [-0.2, -0.15) is 0 Å². The van der Waals surface area contributed by atoms with Gasteiger partial charge in [0.2, 0.25) is 0 Å². The molecule has 5 rings (SSSR count). The van der Waals surface area contributed by atoms with Crippen LogP contribution in [0.2, 0.25) is 0 Å². The molecule has 0 radical (unpaired) electrons. The van der Waals surface area contributed by atoms with Crippen LogP contribution in [0.3, 0.4) is 0 Å². The van der Waals surface area contributed by atoms with Gasteiger partial charge < -0.3 is 18.8 Å². The van der Waals surface area contributed by atoms with Crippen LogP contribution in [0.5, 0.6) is 5.75 Å². The summed E-state index contributed by atoms with van der Waals surface area (Å²) in [5.41, 5.74) is 1.12. The number of nitrogens with zero attached hydrogens (tertiary/aromatic N) is 2. The van der Waals surface area contributed by atoms with Gasteiger partial charge in [-0.3, -0.25) is 19.3 Å². The van der Waals surface area contributed by atoms with Crippen LogP contribution in [0.25, 0.3) is 11.0 Å². The monoisotopic (exact) mass is 420 g/mol. The van der Waals surface area contributed by atoms with Crippen LogP contribution in [-0.2, 0) is 4.74 Å². The zero-order chi connectivity index (χ0) is 21.4. The molecule has 0 bridgehead atoms. The first kappa shape index (κ1) is 19.3. The van der Waals surface area contributed by atoms with Gasteiger partial charge in [0, 0.05) is 25.2 Å². The van der Waals surface area contributed by atoms with Crippen molar-refractivity contribution in [2.75, 3.05) is 44.4 Å². The molecule has 3 heterocycles. The minimum atomic E-state index is -0.316. The summed E-state index contributed by atoms with van der Waals surface area (Å²) in [5, 5.41) is 0.463. The van der Waals surface area contributed by atoms with E-state index < -0.39 is 0 Å². The number of rotatable bonds is 5. The highest BCUT2D eigenvalue weighted by Gasteiger charge is 2.34. The Morgan fingerprint density at radius 3 is 2.32 bits per heavy atom. The summed E-state index contributed by atoms with van der Waals surface area (Å²) in [4.78, 5) is 40.5. The Morgan fingerprint density at radius 2 is 1.61 bits per heavy atom. The third-order valence-electron chi connectivity index (χ3n) is 5.47. The quantitative estimate of drug-likeness (QED) is 0.585. The Morgan fingerprint density at radius 1 is 0.903 bits per heavy atom. The number of ether oxygens (including phenoxy) is 2. The number of carbonyl (C=O) groups is 2. The van der Waals surface area contributed by atoms with Crippen molar-refractivity contribution in [3.63, 3.8) is 0 Å². The Bertz CT molecular complexity index is 1190. The number of imide groups is 1. The third-order valence-corrected chi connectivity index (χ3v) is 5.47. The van der Waals surface area contributed by atoms with E-state index in [9.17, 15) is 14.4 Å². The molecule has 0 aliphatic carbocycles. The second-order valence-corrected chi connectivity index (χ2v) is 7.36. The fourth-order valence-corrected chi connectivity index (χ4v) is 3.85. The van der Waals surface area contributed by atoms with Crippen LogP contribution in [0.15, 0.2) is 57.7 Å². The largest absolute Gasteiger partial charge is 0.492 e. The Balaban J connectivity index is 1.30. The number of hydrogen-bond donors (Lipinski definition) is 0. The summed E-state index contributed by atoms with van der Waals surface area (Å²) in [6, 6.07) is 13.2. The van der Waals surface area contributed by atoms with E-state index in [4.69, 9.17) is 13.9 Å². The van der Waals surface area contributed by atoms with Gasteiger partial charge >= 0.3 is 0 Å². The maximum atomic E-state index is 12.5. The van der Waals surface area contributed by atoms with E-state index in [1.807, 2.05) is 4.90 Å². The summed E-state index contributed by atoms with van der Waals surface area (Å²) >= 11 is 0. The first-order chi connectivity index (χ1) is 15.1. The lowest BCUT2D eigenvalue weighted by Gasteiger charge is -2.27. The molecule has 2 aliphatic heterocycles. The zero-order valence-corrected chi connectivity index (χ0v) is 16.7. The third kappa shape index (κ3) is 3.55. The summed E-state index contributed by atoms with van der Waals surface area (Å²) in [7, 11) is 0. The highest BCUT2D eigenvalue weighted by molar-refractivity contribution is 6.21. The summed E-state index contributed by atoms with van der Waals surface area (Å²) in [6.45, 7) is 2.74. The van der Waals surface area contributed by atoms with Crippen molar-refractivity contribution in [3.8, 4) is 5.75 Å². The molecule has 2 aromatic carbocycles. The van der Waals surface area contributed by atoms with E-state index in [1.54, 1.807) is 42.5 Å². The number of morpholine rings is 1. The number of anilines is 1. The highest BCUT2D eigenvalue weighted by atomic mass is 16.5. The fourth-order valence-electron chi connectivity index (χ4n) is 3.85. The average molecular weight is 420 g/mol. The van der Waals surface area contributed by atoms with Gasteiger partial charge in [0.05, 0.1) is 36.3 Å². The van der Waals surface area contributed by atoms with Gasteiger partial charge in [0.25, 0.3) is 11.8 Å². The van der Waals surface area contributed by atoms with Crippen LogP contribution >= 0.6 is 0 Å². The highest BCUT2D eigenvalue weighted by Crippen LogP contribution is 2.25. The molecule has 158 valence electrons. The maximum absolute atomic E-state index is 12.5. The van der Waals surface area contributed by atoms with Crippen molar-refractivity contribution < 1.29 is 23.5 Å². The molecule has 0 unspecified atom stereocenters. The van der Waals surface area contributed by atoms with Crippen LogP contribution in [-0.4, -0.2) is 56.2 Å². The van der Waals surface area contributed by atoms with E-state index in [0.717, 1.165) is 0 Å². The van der Waals surface area contributed by atoms with Gasteiger partial charge in [-0.05, 0) is 24.3 Å². The first-order valence-corrected chi connectivity index (χ1v) is 10.1. The molecule has 1 aromatic heterocycles. The van der Waals surface area contributed by atoms with Crippen molar-refractivity contribution in [2.24, 2.45) is 0 Å². The molecule has 8 heteroatoms. The summed E-state index contributed by atoms with van der Waals surface area (Å²) in [5.74, 6) is 0.364. The van der Waals surface area contributed by atoms with Gasteiger partial charge in [0.15, 0.2) is 11.3 Å². The molecule has 0 N–H and O–H groups in total. The molecule has 3 aromatic rings. The number of fused-ring (bicyclic) bond motifs is 2. The molecular formula is C23H20N2O6. The zero-order valence-electron chi connectivity index (χ0n) is 16.7. The molecule has 1 saturated heterocycles. The van der Waals surface area contributed by atoms with E-state index in [-0.39, 0.29) is 30.4 Å². The van der Waals surface area contributed by atoms with Crippen molar-refractivity contribution >= 4 is 28.7 Å². The van der Waals surface area contributed by atoms with Crippen LogP contribution in [0.1, 0.15) is 20.7 Å². The second kappa shape index (κ2) is 7.88.